The predicted octanol–water partition coefficient (Wildman–Crippen LogP) is -1.44. The minimum atomic E-state index is -1.34. The van der Waals surface area contributed by atoms with Gasteiger partial charge in [0.2, 0.25) is 5.91 Å². The van der Waals surface area contributed by atoms with Gasteiger partial charge in [0, 0.05) is 6.92 Å². The number of aliphatic hydroxyl groups excluding tert-OH is 2. The Bertz CT molecular complexity index is 319. The Balaban J connectivity index is 2.76. The number of carbonyl (C=O) groups excluding carboxylic acids is 2. The van der Waals surface area contributed by atoms with Crippen molar-refractivity contribution in [2.75, 3.05) is 6.61 Å². The Morgan fingerprint density at radius 1 is 1.56 bits per heavy atom. The van der Waals surface area contributed by atoms with E-state index in [1.165, 1.54) is 6.92 Å². The summed E-state index contributed by atoms with van der Waals surface area (Å²) in [5.74, 6) is -1.42. The maximum atomic E-state index is 10.9. The van der Waals surface area contributed by atoms with Crippen LogP contribution >= 0.6 is 0 Å². The summed E-state index contributed by atoms with van der Waals surface area (Å²) in [7, 11) is 0. The average molecular weight is 261 g/mol. The number of aldehydes is 1. The van der Waals surface area contributed by atoms with Crippen LogP contribution < -0.4 is 5.32 Å². The number of aliphatic hydroxyl groups is 2. The molecule has 0 aromatic heterocycles. The largest absolute Gasteiger partial charge is 0.388 e. The van der Waals surface area contributed by atoms with Crippen molar-refractivity contribution in [3.63, 3.8) is 0 Å². The van der Waals surface area contributed by atoms with Gasteiger partial charge in [-0.2, -0.15) is 0 Å². The Labute approximate surface area is 105 Å². The lowest BCUT2D eigenvalue weighted by molar-refractivity contribution is -0.319. The van der Waals surface area contributed by atoms with Crippen LogP contribution in [0.5, 0.6) is 0 Å². The topological polar surface area (TPSA) is 105 Å². The number of ether oxygens (including phenoxy) is 2. The fourth-order valence-corrected chi connectivity index (χ4v) is 1.76. The predicted molar refractivity (Wildman–Crippen MR) is 60.6 cm³/mol. The van der Waals surface area contributed by atoms with Gasteiger partial charge >= 0.3 is 0 Å². The van der Waals surface area contributed by atoms with Crippen molar-refractivity contribution in [1.82, 2.24) is 5.32 Å². The van der Waals surface area contributed by atoms with Gasteiger partial charge in [0.25, 0.3) is 0 Å². The van der Waals surface area contributed by atoms with E-state index in [9.17, 15) is 19.8 Å². The van der Waals surface area contributed by atoms with Gasteiger partial charge in [-0.25, -0.2) is 0 Å². The summed E-state index contributed by atoms with van der Waals surface area (Å²) in [6, 6.07) is -1.13. The molecule has 1 amide bonds. The molecule has 1 fully saturated rings. The monoisotopic (exact) mass is 261 g/mol. The standard InChI is InChI=1S/C11H19NO6/c1-6(14)12-7(4-13)9(16)10-8(15)5-17-11(2,3)18-10/h4,7-10,15-16H,5H2,1-3H3,(H,12,14)/t7-,8+,9+,10+/m0/s1. The highest BCUT2D eigenvalue weighted by atomic mass is 16.7. The van der Waals surface area contributed by atoms with E-state index in [1.807, 2.05) is 0 Å². The van der Waals surface area contributed by atoms with Gasteiger partial charge in [-0.05, 0) is 13.8 Å². The van der Waals surface area contributed by atoms with E-state index in [2.05, 4.69) is 5.32 Å². The van der Waals surface area contributed by atoms with Crippen molar-refractivity contribution >= 4 is 12.2 Å². The van der Waals surface area contributed by atoms with Gasteiger partial charge in [-0.1, -0.05) is 0 Å². The van der Waals surface area contributed by atoms with Gasteiger partial charge in [0.05, 0.1) is 6.61 Å². The molecule has 0 unspecified atom stereocenters. The lowest BCUT2D eigenvalue weighted by Gasteiger charge is -2.41. The first-order valence-corrected chi connectivity index (χ1v) is 5.67. The number of carbonyl (C=O) groups is 2. The molecular formula is C11H19NO6. The Morgan fingerprint density at radius 2 is 2.17 bits per heavy atom. The maximum absolute atomic E-state index is 10.9. The number of nitrogens with one attached hydrogen (secondary N) is 1. The molecule has 0 aromatic rings. The first-order valence-electron chi connectivity index (χ1n) is 5.67. The molecule has 0 aromatic carbocycles. The fourth-order valence-electron chi connectivity index (χ4n) is 1.76. The number of amides is 1. The summed E-state index contributed by atoms with van der Waals surface area (Å²) in [6.07, 6.45) is -3.01. The molecule has 0 saturated carbocycles. The molecule has 0 bridgehead atoms. The molecule has 7 heteroatoms. The first kappa shape index (κ1) is 15.0. The minimum Gasteiger partial charge on any atom is -0.388 e. The van der Waals surface area contributed by atoms with Crippen molar-refractivity contribution in [1.29, 1.82) is 0 Å². The summed E-state index contributed by atoms with van der Waals surface area (Å²) in [6.45, 7) is 4.48. The van der Waals surface area contributed by atoms with Crippen LogP contribution in [0.1, 0.15) is 20.8 Å². The zero-order chi connectivity index (χ0) is 13.9. The van der Waals surface area contributed by atoms with Crippen molar-refractivity contribution in [3.05, 3.63) is 0 Å². The highest BCUT2D eigenvalue weighted by Gasteiger charge is 2.42. The highest BCUT2D eigenvalue weighted by Crippen LogP contribution is 2.25. The van der Waals surface area contributed by atoms with Crippen molar-refractivity contribution < 1.29 is 29.3 Å². The molecule has 4 atom stereocenters. The Morgan fingerprint density at radius 3 is 2.67 bits per heavy atom. The molecule has 18 heavy (non-hydrogen) atoms. The fraction of sp³-hybridized carbons (Fsp3) is 0.818. The van der Waals surface area contributed by atoms with Crippen LogP contribution in [0.4, 0.5) is 0 Å². The Kier molecular flexibility index (Phi) is 4.80. The van der Waals surface area contributed by atoms with E-state index in [4.69, 9.17) is 9.47 Å². The van der Waals surface area contributed by atoms with E-state index < -0.39 is 36.0 Å². The molecule has 104 valence electrons. The summed E-state index contributed by atoms with van der Waals surface area (Å²) in [5.41, 5.74) is 0. The van der Waals surface area contributed by atoms with Crippen LogP contribution in [0, 0.1) is 0 Å². The van der Waals surface area contributed by atoms with E-state index in [1.54, 1.807) is 13.8 Å². The molecule has 0 aliphatic carbocycles. The summed E-state index contributed by atoms with van der Waals surface area (Å²) in [5, 5.41) is 22.0. The maximum Gasteiger partial charge on any atom is 0.217 e. The summed E-state index contributed by atoms with van der Waals surface area (Å²) < 4.78 is 10.6. The molecule has 0 spiro atoms. The third-order valence-corrected chi connectivity index (χ3v) is 2.62. The molecule has 1 saturated heterocycles. The smallest absolute Gasteiger partial charge is 0.217 e. The third-order valence-electron chi connectivity index (χ3n) is 2.62. The van der Waals surface area contributed by atoms with Crippen LogP contribution in [-0.4, -0.2) is 59.2 Å². The number of hydrogen-bond acceptors (Lipinski definition) is 6. The second-order valence-corrected chi connectivity index (χ2v) is 4.71. The zero-order valence-electron chi connectivity index (χ0n) is 10.6. The third kappa shape index (κ3) is 3.74. The quantitative estimate of drug-likeness (QED) is 0.535. The summed E-state index contributed by atoms with van der Waals surface area (Å²) >= 11 is 0. The lowest BCUT2D eigenvalue weighted by atomic mass is 10.0. The highest BCUT2D eigenvalue weighted by molar-refractivity contribution is 5.77. The molecule has 0 radical (unpaired) electrons. The van der Waals surface area contributed by atoms with Crippen LogP contribution in [0.15, 0.2) is 0 Å². The zero-order valence-corrected chi connectivity index (χ0v) is 10.6. The second kappa shape index (κ2) is 5.75. The summed E-state index contributed by atoms with van der Waals surface area (Å²) in [4.78, 5) is 21.7. The van der Waals surface area contributed by atoms with Crippen LogP contribution in [0.2, 0.25) is 0 Å². The normalized spacial score (nSPS) is 30.3. The van der Waals surface area contributed by atoms with Gasteiger partial charge in [-0.3, -0.25) is 4.79 Å². The molecule has 7 nitrogen and oxygen atoms in total. The molecule has 1 aliphatic rings. The van der Waals surface area contributed by atoms with Crippen molar-refractivity contribution in [2.45, 2.75) is 50.9 Å². The SMILES string of the molecule is CC(=O)N[C@@H](C=O)[C@@H](O)[C@@H]1OC(C)(C)OC[C@H]1O. The van der Waals surface area contributed by atoms with Crippen molar-refractivity contribution in [3.8, 4) is 0 Å². The van der Waals surface area contributed by atoms with Crippen molar-refractivity contribution in [2.24, 2.45) is 0 Å². The molecule has 1 aliphatic heterocycles. The molecule has 3 N–H and O–H groups in total. The Hall–Kier alpha value is -1.02. The van der Waals surface area contributed by atoms with Gasteiger partial charge in [0.1, 0.15) is 30.6 Å². The van der Waals surface area contributed by atoms with Gasteiger partial charge < -0.3 is 29.8 Å². The van der Waals surface area contributed by atoms with Gasteiger partial charge in [0.15, 0.2) is 5.79 Å². The van der Waals surface area contributed by atoms with Crippen LogP contribution in [-0.2, 0) is 19.1 Å². The molecule has 1 heterocycles. The van der Waals surface area contributed by atoms with Crippen LogP contribution in [0.3, 0.4) is 0 Å². The van der Waals surface area contributed by atoms with Crippen LogP contribution in [0.25, 0.3) is 0 Å². The van der Waals surface area contributed by atoms with E-state index in [0.29, 0.717) is 6.29 Å². The van der Waals surface area contributed by atoms with Gasteiger partial charge in [-0.15, -0.1) is 0 Å². The minimum absolute atomic E-state index is 0.0135. The second-order valence-electron chi connectivity index (χ2n) is 4.71. The van der Waals surface area contributed by atoms with E-state index >= 15 is 0 Å². The van der Waals surface area contributed by atoms with E-state index in [-0.39, 0.29) is 6.61 Å². The number of hydrogen-bond donors (Lipinski definition) is 3. The lowest BCUT2D eigenvalue weighted by Crippen LogP contribution is -2.59. The molecule has 1 rings (SSSR count). The molecular weight excluding hydrogens is 242 g/mol. The first-order chi connectivity index (χ1) is 8.26. The number of rotatable bonds is 4. The van der Waals surface area contributed by atoms with E-state index in [0.717, 1.165) is 0 Å². The average Bonchev–Trinajstić information content (AvgIpc) is 2.28.